The Hall–Kier alpha value is -2.09. The Bertz CT molecular complexity index is 1110. The van der Waals surface area contributed by atoms with Crippen molar-refractivity contribution in [3.63, 3.8) is 0 Å². The smallest absolute Gasteiger partial charge is 0.262 e. The first-order valence-corrected chi connectivity index (χ1v) is 11.3. The number of aryl methyl sites for hydroxylation is 3. The molecule has 160 valence electrons. The highest BCUT2D eigenvalue weighted by atomic mass is 32.1. The van der Waals surface area contributed by atoms with Gasteiger partial charge in [0.15, 0.2) is 0 Å². The molecule has 0 saturated heterocycles. The van der Waals surface area contributed by atoms with Crippen LogP contribution in [0.5, 0.6) is 0 Å². The van der Waals surface area contributed by atoms with Gasteiger partial charge in [-0.25, -0.2) is 9.37 Å². The number of nitrogens with zero attached hydrogens (tertiary/aromatic N) is 2. The topological polar surface area (TPSA) is 67.2 Å². The summed E-state index contributed by atoms with van der Waals surface area (Å²) in [6.45, 7) is 5.49. The van der Waals surface area contributed by atoms with Gasteiger partial charge >= 0.3 is 0 Å². The van der Waals surface area contributed by atoms with Crippen molar-refractivity contribution in [3.05, 3.63) is 62.8 Å². The first-order chi connectivity index (χ1) is 14.4. The van der Waals surface area contributed by atoms with Crippen molar-refractivity contribution in [1.82, 2.24) is 14.9 Å². The molecule has 0 radical (unpaired) electrons. The lowest BCUT2D eigenvalue weighted by Gasteiger charge is -2.28. The molecular formula is C23H28FN3O2S. The molecule has 0 saturated carbocycles. The van der Waals surface area contributed by atoms with Crippen molar-refractivity contribution < 1.29 is 9.50 Å². The molecule has 3 aromatic rings. The van der Waals surface area contributed by atoms with Gasteiger partial charge in [-0.1, -0.05) is 26.0 Å². The van der Waals surface area contributed by atoms with E-state index < -0.39 is 0 Å². The molecule has 4 rings (SSSR count). The minimum Gasteiger partial charge on any atom is -0.396 e. The standard InChI is InChI=1S/C23H28FN3O2S/c1-23(2,13-28)12-25-17-6-7-18-19(11-17)30-21-20(18)22(29)27(14-26-21)9-8-15-4-3-5-16(24)10-15/h3-5,10,14,17,25,28H,6-9,11-13H2,1-2H3. The molecule has 2 N–H and O–H groups in total. The second kappa shape index (κ2) is 8.57. The van der Waals surface area contributed by atoms with E-state index in [0.717, 1.165) is 47.2 Å². The summed E-state index contributed by atoms with van der Waals surface area (Å²) in [5.41, 5.74) is 1.88. The molecule has 0 fully saturated rings. The normalized spacial score (nSPS) is 16.7. The van der Waals surface area contributed by atoms with E-state index in [2.05, 4.69) is 10.3 Å². The lowest BCUT2D eigenvalue weighted by molar-refractivity contribution is 0.152. The van der Waals surface area contributed by atoms with Gasteiger partial charge in [0, 0.05) is 36.0 Å². The van der Waals surface area contributed by atoms with Crippen molar-refractivity contribution in [2.45, 2.75) is 52.1 Å². The van der Waals surface area contributed by atoms with Crippen molar-refractivity contribution in [3.8, 4) is 0 Å². The molecule has 30 heavy (non-hydrogen) atoms. The van der Waals surface area contributed by atoms with Crippen molar-refractivity contribution in [1.29, 1.82) is 0 Å². The van der Waals surface area contributed by atoms with Crippen LogP contribution >= 0.6 is 11.3 Å². The third-order valence-electron chi connectivity index (χ3n) is 5.86. The summed E-state index contributed by atoms with van der Waals surface area (Å²) in [6, 6.07) is 6.85. The quantitative estimate of drug-likeness (QED) is 0.605. The average molecular weight is 430 g/mol. The van der Waals surface area contributed by atoms with E-state index in [9.17, 15) is 14.3 Å². The highest BCUT2D eigenvalue weighted by Gasteiger charge is 2.26. The summed E-state index contributed by atoms with van der Waals surface area (Å²) in [5.74, 6) is -0.258. The van der Waals surface area contributed by atoms with Crippen LogP contribution in [0.15, 0.2) is 35.4 Å². The molecule has 2 aromatic heterocycles. The van der Waals surface area contributed by atoms with Crippen LogP contribution in [-0.4, -0.2) is 33.9 Å². The number of nitrogens with one attached hydrogen (secondary N) is 1. The minimum absolute atomic E-state index is 0.00160. The van der Waals surface area contributed by atoms with E-state index in [-0.39, 0.29) is 23.4 Å². The van der Waals surface area contributed by atoms with Crippen molar-refractivity contribution in [2.24, 2.45) is 5.41 Å². The third-order valence-corrected chi connectivity index (χ3v) is 7.03. The van der Waals surface area contributed by atoms with E-state index in [1.165, 1.54) is 17.0 Å². The summed E-state index contributed by atoms with van der Waals surface area (Å²) in [7, 11) is 0. The molecule has 2 heterocycles. The zero-order valence-corrected chi connectivity index (χ0v) is 18.3. The SMILES string of the molecule is CC(C)(CO)CNC1CCc2c(sc3ncn(CCc4cccc(F)c4)c(=O)c23)C1. The second-order valence-corrected chi connectivity index (χ2v) is 10.0. The van der Waals surface area contributed by atoms with Gasteiger partial charge in [0.25, 0.3) is 5.56 Å². The number of hydrogen-bond acceptors (Lipinski definition) is 5. The van der Waals surface area contributed by atoms with Crippen LogP contribution in [0.2, 0.25) is 0 Å². The summed E-state index contributed by atoms with van der Waals surface area (Å²) < 4.78 is 15.0. The van der Waals surface area contributed by atoms with Gasteiger partial charge in [0.05, 0.1) is 11.7 Å². The maximum Gasteiger partial charge on any atom is 0.262 e. The Morgan fingerprint density at radius 3 is 3.00 bits per heavy atom. The monoisotopic (exact) mass is 429 g/mol. The van der Waals surface area contributed by atoms with Crippen LogP contribution in [-0.2, 0) is 25.8 Å². The molecule has 1 aliphatic rings. The highest BCUT2D eigenvalue weighted by Crippen LogP contribution is 2.33. The Morgan fingerprint density at radius 1 is 1.40 bits per heavy atom. The van der Waals surface area contributed by atoms with Crippen LogP contribution in [0.25, 0.3) is 10.2 Å². The number of hydrogen-bond donors (Lipinski definition) is 2. The zero-order valence-electron chi connectivity index (χ0n) is 17.4. The van der Waals surface area contributed by atoms with Crippen LogP contribution < -0.4 is 10.9 Å². The number of benzene rings is 1. The molecular weight excluding hydrogens is 401 g/mol. The number of halogens is 1. The average Bonchev–Trinajstić information content (AvgIpc) is 3.10. The highest BCUT2D eigenvalue weighted by molar-refractivity contribution is 7.18. The van der Waals surface area contributed by atoms with Crippen molar-refractivity contribution >= 4 is 21.6 Å². The van der Waals surface area contributed by atoms with E-state index >= 15 is 0 Å². The third kappa shape index (κ3) is 4.48. The van der Waals surface area contributed by atoms with E-state index in [0.29, 0.717) is 19.0 Å². The lowest BCUT2D eigenvalue weighted by atomic mass is 9.90. The molecule has 0 spiro atoms. The largest absolute Gasteiger partial charge is 0.396 e. The van der Waals surface area contributed by atoms with Gasteiger partial charge < -0.3 is 10.4 Å². The fourth-order valence-electron chi connectivity index (χ4n) is 3.95. The van der Waals surface area contributed by atoms with Gasteiger partial charge in [-0.05, 0) is 48.9 Å². The predicted molar refractivity (Wildman–Crippen MR) is 119 cm³/mol. The maximum atomic E-state index is 13.4. The lowest BCUT2D eigenvalue weighted by Crippen LogP contribution is -2.41. The van der Waals surface area contributed by atoms with Crippen LogP contribution in [0, 0.1) is 11.2 Å². The van der Waals surface area contributed by atoms with Gasteiger partial charge in [0.1, 0.15) is 10.6 Å². The van der Waals surface area contributed by atoms with Gasteiger partial charge in [-0.3, -0.25) is 9.36 Å². The first kappa shape index (κ1) is 21.2. The van der Waals surface area contributed by atoms with Crippen molar-refractivity contribution in [2.75, 3.05) is 13.2 Å². The molecule has 1 aliphatic carbocycles. The number of aromatic nitrogens is 2. The van der Waals surface area contributed by atoms with Gasteiger partial charge in [-0.2, -0.15) is 0 Å². The molecule has 5 nitrogen and oxygen atoms in total. The minimum atomic E-state index is -0.258. The molecule has 1 unspecified atom stereocenters. The molecule has 7 heteroatoms. The Kier molecular flexibility index (Phi) is 6.04. The maximum absolute atomic E-state index is 13.4. The van der Waals surface area contributed by atoms with E-state index in [4.69, 9.17) is 0 Å². The summed E-state index contributed by atoms with van der Waals surface area (Å²) in [5, 5.41) is 13.8. The summed E-state index contributed by atoms with van der Waals surface area (Å²) >= 11 is 1.62. The van der Waals surface area contributed by atoms with Crippen LogP contribution in [0.4, 0.5) is 4.39 Å². The van der Waals surface area contributed by atoms with Gasteiger partial charge in [-0.15, -0.1) is 11.3 Å². The number of fused-ring (bicyclic) bond motifs is 3. The van der Waals surface area contributed by atoms with E-state index in [1.54, 1.807) is 28.3 Å². The van der Waals surface area contributed by atoms with E-state index in [1.807, 2.05) is 19.9 Å². The molecule has 0 aliphatic heterocycles. The Labute approximate surface area is 179 Å². The zero-order chi connectivity index (χ0) is 21.3. The molecule has 1 atom stereocenters. The van der Waals surface area contributed by atoms with Gasteiger partial charge in [0.2, 0.25) is 0 Å². The number of aliphatic hydroxyl groups is 1. The number of rotatable bonds is 7. The second-order valence-electron chi connectivity index (χ2n) is 8.95. The predicted octanol–water partition coefficient (Wildman–Crippen LogP) is 3.31. The Balaban J connectivity index is 1.52. The molecule has 1 aromatic carbocycles. The fraction of sp³-hybridized carbons (Fsp3) is 0.478. The molecule has 0 bridgehead atoms. The molecule has 0 amide bonds. The number of aliphatic hydroxyl groups excluding tert-OH is 1. The summed E-state index contributed by atoms with van der Waals surface area (Å²) in [4.78, 5) is 19.7. The Morgan fingerprint density at radius 2 is 2.23 bits per heavy atom. The van der Waals surface area contributed by atoms with Crippen LogP contribution in [0.1, 0.15) is 36.3 Å². The summed E-state index contributed by atoms with van der Waals surface area (Å²) in [6.07, 6.45) is 4.92. The number of thiophene rings is 1. The van der Waals surface area contributed by atoms with Crippen LogP contribution in [0.3, 0.4) is 0 Å². The fourth-order valence-corrected chi connectivity index (χ4v) is 5.21. The first-order valence-electron chi connectivity index (χ1n) is 10.4.